The number of rotatable bonds is 5. The predicted molar refractivity (Wildman–Crippen MR) is 57.0 cm³/mol. The Balaban J connectivity index is 3.03. The van der Waals surface area contributed by atoms with Crippen LogP contribution in [-0.2, 0) is 4.74 Å². The van der Waals surface area contributed by atoms with Crippen LogP contribution < -0.4 is 0 Å². The van der Waals surface area contributed by atoms with E-state index in [1.807, 2.05) is 0 Å². The van der Waals surface area contributed by atoms with Gasteiger partial charge in [-0.2, -0.15) is 0 Å². The molecule has 0 heterocycles. The molecule has 5 heteroatoms. The Morgan fingerprint density at radius 1 is 1.18 bits per heavy atom. The molecule has 2 unspecified atom stereocenters. The summed E-state index contributed by atoms with van der Waals surface area (Å²) in [4.78, 5) is 0. The van der Waals surface area contributed by atoms with E-state index in [4.69, 9.17) is 4.74 Å². The Kier molecular flexibility index (Phi) is 4.96. The SMILES string of the molecule is CCOC(CC)C(O)c1ccc(F)c(F)c1F. The van der Waals surface area contributed by atoms with Gasteiger partial charge in [-0.25, -0.2) is 13.2 Å². The summed E-state index contributed by atoms with van der Waals surface area (Å²) in [6.45, 7) is 3.83. The van der Waals surface area contributed by atoms with Gasteiger partial charge in [0.05, 0.1) is 6.10 Å². The molecule has 2 atom stereocenters. The van der Waals surface area contributed by atoms with E-state index in [0.29, 0.717) is 13.0 Å². The summed E-state index contributed by atoms with van der Waals surface area (Å²) >= 11 is 0. The van der Waals surface area contributed by atoms with Crippen molar-refractivity contribution < 1.29 is 23.0 Å². The molecule has 1 rings (SSSR count). The minimum absolute atomic E-state index is 0.288. The van der Waals surface area contributed by atoms with E-state index in [-0.39, 0.29) is 5.56 Å². The Labute approximate surface area is 98.0 Å². The van der Waals surface area contributed by atoms with Crippen molar-refractivity contribution in [3.63, 3.8) is 0 Å². The van der Waals surface area contributed by atoms with E-state index >= 15 is 0 Å². The third-order valence-corrected chi connectivity index (χ3v) is 2.52. The van der Waals surface area contributed by atoms with Gasteiger partial charge in [0.25, 0.3) is 0 Å². The second kappa shape index (κ2) is 6.02. The van der Waals surface area contributed by atoms with E-state index in [2.05, 4.69) is 0 Å². The van der Waals surface area contributed by atoms with Crippen molar-refractivity contribution in [3.05, 3.63) is 35.1 Å². The van der Waals surface area contributed by atoms with Gasteiger partial charge in [0.15, 0.2) is 17.5 Å². The standard InChI is InChI=1S/C12H15F3O2/c1-3-9(17-4-2)12(16)7-5-6-8(13)11(15)10(7)14/h5-6,9,12,16H,3-4H2,1-2H3. The molecule has 0 spiro atoms. The van der Waals surface area contributed by atoms with E-state index in [0.717, 1.165) is 12.1 Å². The van der Waals surface area contributed by atoms with Crippen molar-refractivity contribution in [1.29, 1.82) is 0 Å². The van der Waals surface area contributed by atoms with Crippen LogP contribution in [0.15, 0.2) is 12.1 Å². The van der Waals surface area contributed by atoms with E-state index < -0.39 is 29.7 Å². The number of aliphatic hydroxyl groups is 1. The summed E-state index contributed by atoms with van der Waals surface area (Å²) in [6, 6.07) is 1.82. The lowest BCUT2D eigenvalue weighted by Crippen LogP contribution is -2.23. The maximum atomic E-state index is 13.4. The smallest absolute Gasteiger partial charge is 0.194 e. The van der Waals surface area contributed by atoms with Crippen LogP contribution in [0.1, 0.15) is 31.9 Å². The van der Waals surface area contributed by atoms with Gasteiger partial charge in [-0.3, -0.25) is 0 Å². The molecular weight excluding hydrogens is 233 g/mol. The van der Waals surface area contributed by atoms with Crippen molar-refractivity contribution in [3.8, 4) is 0 Å². The van der Waals surface area contributed by atoms with Crippen molar-refractivity contribution >= 4 is 0 Å². The van der Waals surface area contributed by atoms with E-state index in [9.17, 15) is 18.3 Å². The average molecular weight is 248 g/mol. The lowest BCUT2D eigenvalue weighted by Gasteiger charge is -2.22. The number of ether oxygens (including phenoxy) is 1. The molecule has 0 fully saturated rings. The molecule has 1 N–H and O–H groups in total. The molecule has 17 heavy (non-hydrogen) atoms. The van der Waals surface area contributed by atoms with Gasteiger partial charge >= 0.3 is 0 Å². The van der Waals surface area contributed by atoms with Gasteiger partial charge in [-0.1, -0.05) is 13.0 Å². The molecular formula is C12H15F3O2. The zero-order chi connectivity index (χ0) is 13.0. The zero-order valence-electron chi connectivity index (χ0n) is 9.71. The van der Waals surface area contributed by atoms with Crippen molar-refractivity contribution in [2.75, 3.05) is 6.61 Å². The normalized spacial score (nSPS) is 14.7. The van der Waals surface area contributed by atoms with Crippen LogP contribution in [-0.4, -0.2) is 17.8 Å². The van der Waals surface area contributed by atoms with Gasteiger partial charge in [-0.05, 0) is 19.4 Å². The highest BCUT2D eigenvalue weighted by Gasteiger charge is 2.25. The topological polar surface area (TPSA) is 29.5 Å². The molecule has 96 valence electrons. The predicted octanol–water partition coefficient (Wildman–Crippen LogP) is 2.95. The van der Waals surface area contributed by atoms with Crippen LogP contribution in [0, 0.1) is 17.5 Å². The highest BCUT2D eigenvalue weighted by atomic mass is 19.2. The first-order chi connectivity index (χ1) is 8.02. The maximum Gasteiger partial charge on any atom is 0.194 e. The summed E-state index contributed by atoms with van der Waals surface area (Å²) in [7, 11) is 0. The summed E-state index contributed by atoms with van der Waals surface area (Å²) in [5, 5.41) is 9.85. The summed E-state index contributed by atoms with van der Waals surface area (Å²) in [6.07, 6.45) is -1.51. The van der Waals surface area contributed by atoms with Gasteiger partial charge in [0.2, 0.25) is 0 Å². The average Bonchev–Trinajstić information content (AvgIpc) is 2.32. The van der Waals surface area contributed by atoms with Gasteiger partial charge in [-0.15, -0.1) is 0 Å². The van der Waals surface area contributed by atoms with Gasteiger partial charge < -0.3 is 9.84 Å². The number of hydrogen-bond acceptors (Lipinski definition) is 2. The van der Waals surface area contributed by atoms with Crippen molar-refractivity contribution in [2.45, 2.75) is 32.5 Å². The molecule has 0 aliphatic heterocycles. The fourth-order valence-electron chi connectivity index (χ4n) is 1.62. The van der Waals surface area contributed by atoms with E-state index in [1.54, 1.807) is 13.8 Å². The Bertz CT molecular complexity index is 382. The van der Waals surface area contributed by atoms with Crippen LogP contribution in [0.3, 0.4) is 0 Å². The van der Waals surface area contributed by atoms with Gasteiger partial charge in [0, 0.05) is 12.2 Å². The molecule has 0 bridgehead atoms. The summed E-state index contributed by atoms with van der Waals surface area (Å²) in [5.41, 5.74) is -0.288. The minimum atomic E-state index is -1.58. The maximum absolute atomic E-state index is 13.4. The number of benzene rings is 1. The van der Waals surface area contributed by atoms with Crippen molar-refractivity contribution in [2.24, 2.45) is 0 Å². The second-order valence-electron chi connectivity index (χ2n) is 3.61. The third-order valence-electron chi connectivity index (χ3n) is 2.52. The van der Waals surface area contributed by atoms with E-state index in [1.165, 1.54) is 0 Å². The summed E-state index contributed by atoms with van der Waals surface area (Å²) < 4.78 is 44.3. The first-order valence-corrected chi connectivity index (χ1v) is 5.45. The largest absolute Gasteiger partial charge is 0.386 e. The first-order valence-electron chi connectivity index (χ1n) is 5.45. The Morgan fingerprint density at radius 2 is 1.82 bits per heavy atom. The molecule has 0 aromatic heterocycles. The van der Waals surface area contributed by atoms with Crippen LogP contribution in [0.5, 0.6) is 0 Å². The molecule has 0 amide bonds. The Hall–Kier alpha value is -1.07. The molecule has 1 aromatic rings. The summed E-state index contributed by atoms with van der Waals surface area (Å²) in [5.74, 6) is -4.22. The molecule has 0 aliphatic carbocycles. The van der Waals surface area contributed by atoms with Crippen molar-refractivity contribution in [1.82, 2.24) is 0 Å². The van der Waals surface area contributed by atoms with Crippen LogP contribution in [0.2, 0.25) is 0 Å². The third kappa shape index (κ3) is 2.98. The first kappa shape index (κ1) is 14.0. The zero-order valence-corrected chi connectivity index (χ0v) is 9.71. The molecule has 0 aliphatic rings. The molecule has 0 saturated carbocycles. The number of hydrogen-bond donors (Lipinski definition) is 1. The molecule has 0 saturated heterocycles. The lowest BCUT2D eigenvalue weighted by molar-refractivity contribution is -0.0372. The highest BCUT2D eigenvalue weighted by Crippen LogP contribution is 2.26. The minimum Gasteiger partial charge on any atom is -0.386 e. The van der Waals surface area contributed by atoms with Crippen LogP contribution in [0.4, 0.5) is 13.2 Å². The Morgan fingerprint density at radius 3 is 2.35 bits per heavy atom. The fraction of sp³-hybridized carbons (Fsp3) is 0.500. The highest BCUT2D eigenvalue weighted by molar-refractivity contribution is 5.23. The second-order valence-corrected chi connectivity index (χ2v) is 3.61. The molecule has 1 aromatic carbocycles. The van der Waals surface area contributed by atoms with Crippen LogP contribution in [0.25, 0.3) is 0 Å². The molecule has 0 radical (unpaired) electrons. The quantitative estimate of drug-likeness (QED) is 0.812. The van der Waals surface area contributed by atoms with Crippen LogP contribution >= 0.6 is 0 Å². The lowest BCUT2D eigenvalue weighted by atomic mass is 10.0. The number of aliphatic hydroxyl groups excluding tert-OH is 1. The van der Waals surface area contributed by atoms with Gasteiger partial charge in [0.1, 0.15) is 6.10 Å². The fourth-order valence-corrected chi connectivity index (χ4v) is 1.62. The molecule has 2 nitrogen and oxygen atoms in total. The number of halogens is 3. The monoisotopic (exact) mass is 248 g/mol.